The van der Waals surface area contributed by atoms with Crippen molar-refractivity contribution in [3.8, 4) is 0 Å². The lowest BCUT2D eigenvalue weighted by Gasteiger charge is -2.07. The van der Waals surface area contributed by atoms with Gasteiger partial charge in [-0.15, -0.1) is 5.10 Å². The number of nitrogens with zero attached hydrogens (tertiary/aromatic N) is 4. The smallest absolute Gasteiger partial charge is 0.148 e. The Morgan fingerprint density at radius 1 is 1.41 bits per heavy atom. The summed E-state index contributed by atoms with van der Waals surface area (Å²) < 4.78 is 15.0. The fraction of sp³-hybridized carbons (Fsp3) is 0.300. The van der Waals surface area contributed by atoms with Crippen LogP contribution in [-0.2, 0) is 6.54 Å². The minimum absolute atomic E-state index is 0.340. The molecule has 0 aliphatic rings. The van der Waals surface area contributed by atoms with Gasteiger partial charge in [0, 0.05) is 18.8 Å². The molecule has 0 spiro atoms. The number of nitrogens with one attached hydrogen (secondary N) is 1. The third kappa shape index (κ3) is 3.13. The first kappa shape index (κ1) is 11.3. The molecular weight excluding hydrogens is 223 g/mol. The van der Waals surface area contributed by atoms with Crippen LogP contribution in [0, 0.1) is 5.82 Å². The quantitative estimate of drug-likeness (QED) is 0.595. The van der Waals surface area contributed by atoms with Gasteiger partial charge in [0.05, 0.1) is 5.69 Å². The molecule has 2 aromatic rings. The van der Waals surface area contributed by atoms with E-state index in [0.717, 1.165) is 6.42 Å². The fourth-order valence-corrected chi connectivity index (χ4v) is 1.42. The lowest BCUT2D eigenvalue weighted by atomic mass is 10.2. The van der Waals surface area contributed by atoms with Crippen LogP contribution in [0.1, 0.15) is 6.42 Å². The first-order chi connectivity index (χ1) is 8.25. The van der Waals surface area contributed by atoms with Crippen molar-refractivity contribution in [3.63, 3.8) is 0 Å². The second kappa shape index (κ2) is 5.24. The van der Waals surface area contributed by atoms with Crippen LogP contribution in [0.4, 0.5) is 15.8 Å². The van der Waals surface area contributed by atoms with Gasteiger partial charge in [0.2, 0.25) is 0 Å². The van der Waals surface area contributed by atoms with E-state index < -0.39 is 0 Å². The predicted octanol–water partition coefficient (Wildman–Crippen LogP) is 0.897. The number of rotatable bonds is 5. The van der Waals surface area contributed by atoms with Gasteiger partial charge in [-0.1, -0.05) is 0 Å². The molecule has 0 fully saturated rings. The first-order valence-corrected chi connectivity index (χ1v) is 5.25. The van der Waals surface area contributed by atoms with Gasteiger partial charge in [-0.3, -0.25) is 0 Å². The van der Waals surface area contributed by atoms with Gasteiger partial charge in [0.1, 0.15) is 12.1 Å². The molecule has 17 heavy (non-hydrogen) atoms. The molecule has 0 saturated carbocycles. The van der Waals surface area contributed by atoms with E-state index in [2.05, 4.69) is 20.8 Å². The molecule has 0 aliphatic heterocycles. The molecule has 0 saturated heterocycles. The molecule has 0 bridgehead atoms. The van der Waals surface area contributed by atoms with E-state index in [-0.39, 0.29) is 5.82 Å². The molecule has 7 heteroatoms. The van der Waals surface area contributed by atoms with Gasteiger partial charge in [-0.25, -0.2) is 9.07 Å². The van der Waals surface area contributed by atoms with Gasteiger partial charge in [0.25, 0.3) is 0 Å². The van der Waals surface area contributed by atoms with Gasteiger partial charge < -0.3 is 11.1 Å². The van der Waals surface area contributed by atoms with Crippen LogP contribution < -0.4 is 11.1 Å². The van der Waals surface area contributed by atoms with Crippen molar-refractivity contribution >= 4 is 11.4 Å². The van der Waals surface area contributed by atoms with E-state index >= 15 is 0 Å². The summed E-state index contributed by atoms with van der Waals surface area (Å²) in [5.74, 6) is -0.340. The average Bonchev–Trinajstić information content (AvgIpc) is 2.79. The number of tetrazole rings is 1. The normalized spacial score (nSPS) is 10.4. The lowest BCUT2D eigenvalue weighted by molar-refractivity contribution is 0.568. The minimum Gasteiger partial charge on any atom is -0.399 e. The highest BCUT2D eigenvalue weighted by atomic mass is 19.1. The van der Waals surface area contributed by atoms with E-state index in [1.165, 1.54) is 6.07 Å². The maximum atomic E-state index is 13.4. The van der Waals surface area contributed by atoms with E-state index in [9.17, 15) is 4.39 Å². The van der Waals surface area contributed by atoms with Gasteiger partial charge in [-0.2, -0.15) is 0 Å². The molecule has 1 aromatic heterocycles. The number of benzene rings is 1. The average molecular weight is 236 g/mol. The molecule has 0 atom stereocenters. The number of halogens is 1. The number of aryl methyl sites for hydroxylation is 1. The van der Waals surface area contributed by atoms with Crippen molar-refractivity contribution in [1.29, 1.82) is 0 Å². The molecule has 0 amide bonds. The Bertz CT molecular complexity index is 470. The molecular formula is C10H13FN6. The summed E-state index contributed by atoms with van der Waals surface area (Å²) in [5.41, 5.74) is 6.33. The molecule has 3 N–H and O–H groups in total. The highest BCUT2D eigenvalue weighted by Gasteiger charge is 2.01. The number of aromatic nitrogens is 4. The monoisotopic (exact) mass is 236 g/mol. The minimum atomic E-state index is -0.340. The third-order valence-corrected chi connectivity index (χ3v) is 2.26. The number of nitrogens with two attached hydrogens (primary N) is 1. The van der Waals surface area contributed by atoms with Crippen LogP contribution in [0.3, 0.4) is 0 Å². The number of nitrogen functional groups attached to an aromatic ring is 1. The Kier molecular flexibility index (Phi) is 3.49. The number of hydrogen-bond acceptors (Lipinski definition) is 5. The van der Waals surface area contributed by atoms with Crippen molar-refractivity contribution < 1.29 is 4.39 Å². The second-order valence-corrected chi connectivity index (χ2v) is 3.59. The van der Waals surface area contributed by atoms with E-state index in [0.29, 0.717) is 24.5 Å². The van der Waals surface area contributed by atoms with Crippen LogP contribution in [0.5, 0.6) is 0 Å². The molecule has 0 unspecified atom stereocenters. The van der Waals surface area contributed by atoms with Crippen molar-refractivity contribution in [3.05, 3.63) is 30.3 Å². The Labute approximate surface area is 97.6 Å². The molecule has 0 aliphatic carbocycles. The maximum Gasteiger partial charge on any atom is 0.148 e. The summed E-state index contributed by atoms with van der Waals surface area (Å²) in [4.78, 5) is 0. The van der Waals surface area contributed by atoms with E-state index in [4.69, 9.17) is 5.73 Å². The van der Waals surface area contributed by atoms with Crippen molar-refractivity contribution in [2.75, 3.05) is 17.6 Å². The molecule has 6 nitrogen and oxygen atoms in total. The fourth-order valence-electron chi connectivity index (χ4n) is 1.42. The first-order valence-electron chi connectivity index (χ1n) is 5.25. The topological polar surface area (TPSA) is 81.6 Å². The van der Waals surface area contributed by atoms with Crippen molar-refractivity contribution in [2.24, 2.45) is 0 Å². The second-order valence-electron chi connectivity index (χ2n) is 3.59. The maximum absolute atomic E-state index is 13.4. The number of hydrogen-bond donors (Lipinski definition) is 2. The summed E-state index contributed by atoms with van der Waals surface area (Å²) in [6.45, 7) is 1.33. The molecule has 90 valence electrons. The SMILES string of the molecule is Nc1ccc(NCCCn2cnnn2)c(F)c1. The standard InChI is InChI=1S/C10H13FN6/c11-9-6-8(12)2-3-10(9)13-4-1-5-17-7-14-15-16-17/h2-3,6-7,13H,1,4-5,12H2. The summed E-state index contributed by atoms with van der Waals surface area (Å²) in [6.07, 6.45) is 2.35. The van der Waals surface area contributed by atoms with E-state index in [1.54, 1.807) is 23.1 Å². The van der Waals surface area contributed by atoms with Crippen LogP contribution in [-0.4, -0.2) is 26.8 Å². The zero-order chi connectivity index (χ0) is 12.1. The van der Waals surface area contributed by atoms with Gasteiger partial charge >= 0.3 is 0 Å². The van der Waals surface area contributed by atoms with Crippen LogP contribution in [0.2, 0.25) is 0 Å². The molecule has 0 radical (unpaired) electrons. The van der Waals surface area contributed by atoms with Crippen LogP contribution in [0.15, 0.2) is 24.5 Å². The third-order valence-electron chi connectivity index (χ3n) is 2.26. The number of anilines is 2. The Morgan fingerprint density at radius 3 is 3.00 bits per heavy atom. The van der Waals surface area contributed by atoms with Crippen molar-refractivity contribution in [2.45, 2.75) is 13.0 Å². The van der Waals surface area contributed by atoms with Crippen LogP contribution >= 0.6 is 0 Å². The molecule has 1 heterocycles. The predicted molar refractivity (Wildman–Crippen MR) is 61.7 cm³/mol. The molecule has 1 aromatic carbocycles. The Balaban J connectivity index is 1.78. The summed E-state index contributed by atoms with van der Waals surface area (Å²) >= 11 is 0. The van der Waals surface area contributed by atoms with Gasteiger partial charge in [0.15, 0.2) is 0 Å². The van der Waals surface area contributed by atoms with Gasteiger partial charge in [-0.05, 0) is 35.0 Å². The Hall–Kier alpha value is -2.18. The lowest BCUT2D eigenvalue weighted by Crippen LogP contribution is -2.08. The Morgan fingerprint density at radius 2 is 2.29 bits per heavy atom. The zero-order valence-electron chi connectivity index (χ0n) is 9.17. The molecule has 2 rings (SSSR count). The van der Waals surface area contributed by atoms with Crippen molar-refractivity contribution in [1.82, 2.24) is 20.2 Å². The highest BCUT2D eigenvalue weighted by Crippen LogP contribution is 2.16. The van der Waals surface area contributed by atoms with Crippen LogP contribution in [0.25, 0.3) is 0 Å². The highest BCUT2D eigenvalue weighted by molar-refractivity contribution is 5.52. The zero-order valence-corrected chi connectivity index (χ0v) is 9.17. The summed E-state index contributed by atoms with van der Waals surface area (Å²) in [5, 5.41) is 13.8. The summed E-state index contributed by atoms with van der Waals surface area (Å²) in [7, 11) is 0. The summed E-state index contributed by atoms with van der Waals surface area (Å²) in [6, 6.07) is 4.58. The van der Waals surface area contributed by atoms with E-state index in [1.807, 2.05) is 0 Å². The largest absolute Gasteiger partial charge is 0.399 e.